The van der Waals surface area contributed by atoms with Crippen LogP contribution in [0.3, 0.4) is 0 Å². The highest BCUT2D eigenvalue weighted by Crippen LogP contribution is 2.09. The molecule has 1 rings (SSSR count). The zero-order chi connectivity index (χ0) is 9.90. The molecule has 0 radical (unpaired) electrons. The van der Waals surface area contributed by atoms with Crippen molar-refractivity contribution in [3.8, 4) is 0 Å². The molecule has 0 aromatic heterocycles. The van der Waals surface area contributed by atoms with E-state index in [0.717, 1.165) is 0 Å². The number of hydrogen-bond acceptors (Lipinski definition) is 4. The Labute approximate surface area is 78.6 Å². The third-order valence-electron chi connectivity index (χ3n) is 1.61. The van der Waals surface area contributed by atoms with E-state index < -0.39 is 5.60 Å². The summed E-state index contributed by atoms with van der Waals surface area (Å²) in [6, 6.07) is -0.298. The molecule has 1 N–H and O–H groups in total. The van der Waals surface area contributed by atoms with Crippen LogP contribution < -0.4 is 5.32 Å². The number of hydrogen-bond donors (Lipinski definition) is 1. The molecule has 13 heavy (non-hydrogen) atoms. The summed E-state index contributed by atoms with van der Waals surface area (Å²) >= 11 is 0. The predicted octanol–water partition coefficient (Wildman–Crippen LogP) is 0.317. The third kappa shape index (κ3) is 3.74. The van der Waals surface area contributed by atoms with Crippen LogP contribution >= 0.6 is 0 Å². The van der Waals surface area contributed by atoms with Gasteiger partial charge < -0.3 is 14.8 Å². The van der Waals surface area contributed by atoms with Crippen LogP contribution in [-0.2, 0) is 14.3 Å². The fourth-order valence-corrected chi connectivity index (χ4v) is 1.09. The number of carbonyl (C=O) groups is 1. The summed E-state index contributed by atoms with van der Waals surface area (Å²) in [5, 5.41) is 3.04. The van der Waals surface area contributed by atoms with Gasteiger partial charge in [-0.3, -0.25) is 4.79 Å². The monoisotopic (exact) mass is 187 g/mol. The highest BCUT2D eigenvalue weighted by molar-refractivity contribution is 5.76. The molecule has 0 saturated carbocycles. The van der Waals surface area contributed by atoms with Gasteiger partial charge in [-0.15, -0.1) is 0 Å². The van der Waals surface area contributed by atoms with Gasteiger partial charge in [0.25, 0.3) is 0 Å². The summed E-state index contributed by atoms with van der Waals surface area (Å²) in [6.07, 6.45) is 0. The maximum atomic E-state index is 11.4. The van der Waals surface area contributed by atoms with Crippen LogP contribution in [0.1, 0.15) is 20.8 Å². The Balaban J connectivity index is 2.38. The lowest BCUT2D eigenvalue weighted by Crippen LogP contribution is -2.48. The van der Waals surface area contributed by atoms with Gasteiger partial charge in [-0.2, -0.15) is 0 Å². The molecule has 0 bridgehead atoms. The first-order chi connectivity index (χ1) is 5.99. The van der Waals surface area contributed by atoms with Gasteiger partial charge in [0.15, 0.2) is 0 Å². The van der Waals surface area contributed by atoms with Crippen molar-refractivity contribution in [1.29, 1.82) is 0 Å². The van der Waals surface area contributed by atoms with Gasteiger partial charge in [0.05, 0.1) is 13.2 Å². The van der Waals surface area contributed by atoms with Crippen molar-refractivity contribution < 1.29 is 14.3 Å². The van der Waals surface area contributed by atoms with E-state index in [1.165, 1.54) is 0 Å². The van der Waals surface area contributed by atoms with E-state index in [1.807, 2.05) is 20.8 Å². The molecule has 1 aliphatic rings. The quantitative estimate of drug-likeness (QED) is 0.600. The van der Waals surface area contributed by atoms with Gasteiger partial charge in [0, 0.05) is 6.54 Å². The average Bonchev–Trinajstić information content (AvgIpc) is 2.03. The molecule has 0 aromatic rings. The van der Waals surface area contributed by atoms with E-state index in [1.54, 1.807) is 0 Å². The number of nitrogens with one attached hydrogen (secondary N) is 1. The zero-order valence-electron chi connectivity index (χ0n) is 8.42. The lowest BCUT2D eigenvalue weighted by atomic mass is 10.2. The van der Waals surface area contributed by atoms with Gasteiger partial charge in [-0.1, -0.05) is 0 Å². The lowest BCUT2D eigenvalue weighted by Gasteiger charge is -2.26. The first kappa shape index (κ1) is 10.5. The lowest BCUT2D eigenvalue weighted by molar-refractivity contribution is -0.160. The van der Waals surface area contributed by atoms with Crippen LogP contribution in [0.25, 0.3) is 0 Å². The molecule has 0 amide bonds. The van der Waals surface area contributed by atoms with Crippen LogP contribution in [-0.4, -0.2) is 37.4 Å². The summed E-state index contributed by atoms with van der Waals surface area (Å²) in [5.74, 6) is -0.229. The molecule has 0 aromatic carbocycles. The van der Waals surface area contributed by atoms with Crippen LogP contribution in [0.4, 0.5) is 0 Å². The fourth-order valence-electron chi connectivity index (χ4n) is 1.09. The van der Waals surface area contributed by atoms with E-state index in [9.17, 15) is 4.79 Å². The molecule has 1 atom stereocenters. The predicted molar refractivity (Wildman–Crippen MR) is 48.5 cm³/mol. The molecule has 1 saturated heterocycles. The summed E-state index contributed by atoms with van der Waals surface area (Å²) in [4.78, 5) is 11.4. The third-order valence-corrected chi connectivity index (χ3v) is 1.61. The largest absolute Gasteiger partial charge is 0.459 e. The van der Waals surface area contributed by atoms with Crippen LogP contribution in [0.15, 0.2) is 0 Å². The second kappa shape index (κ2) is 4.07. The van der Waals surface area contributed by atoms with Crippen LogP contribution in [0.2, 0.25) is 0 Å². The minimum Gasteiger partial charge on any atom is -0.459 e. The Morgan fingerprint density at radius 2 is 2.23 bits per heavy atom. The molecular formula is C9H17NO3. The molecule has 4 nitrogen and oxygen atoms in total. The minimum atomic E-state index is -0.420. The fraction of sp³-hybridized carbons (Fsp3) is 0.889. The molecule has 0 aliphatic carbocycles. The first-order valence-electron chi connectivity index (χ1n) is 4.53. The van der Waals surface area contributed by atoms with Crippen molar-refractivity contribution in [1.82, 2.24) is 5.32 Å². The number of ether oxygens (including phenoxy) is 2. The molecule has 1 aliphatic heterocycles. The number of esters is 1. The summed E-state index contributed by atoms with van der Waals surface area (Å²) in [5.41, 5.74) is -0.420. The van der Waals surface area contributed by atoms with E-state index in [0.29, 0.717) is 19.8 Å². The van der Waals surface area contributed by atoms with Crippen molar-refractivity contribution >= 4 is 5.97 Å². The topological polar surface area (TPSA) is 47.6 Å². The van der Waals surface area contributed by atoms with Gasteiger partial charge >= 0.3 is 5.97 Å². The Kier molecular flexibility index (Phi) is 3.27. The Bertz CT molecular complexity index is 180. The van der Waals surface area contributed by atoms with Gasteiger partial charge in [-0.25, -0.2) is 0 Å². The van der Waals surface area contributed by atoms with E-state index in [2.05, 4.69) is 5.32 Å². The molecule has 0 unspecified atom stereocenters. The molecule has 0 spiro atoms. The van der Waals surface area contributed by atoms with Gasteiger partial charge in [0.1, 0.15) is 11.6 Å². The molecule has 1 heterocycles. The van der Waals surface area contributed by atoms with Crippen molar-refractivity contribution in [2.45, 2.75) is 32.4 Å². The van der Waals surface area contributed by atoms with Crippen molar-refractivity contribution in [2.75, 3.05) is 19.8 Å². The van der Waals surface area contributed by atoms with Crippen molar-refractivity contribution in [2.24, 2.45) is 0 Å². The van der Waals surface area contributed by atoms with Gasteiger partial charge in [0.2, 0.25) is 0 Å². The average molecular weight is 187 g/mol. The highest BCUT2D eigenvalue weighted by atomic mass is 16.6. The number of rotatable bonds is 1. The second-order valence-corrected chi connectivity index (χ2v) is 4.12. The van der Waals surface area contributed by atoms with E-state index in [4.69, 9.17) is 9.47 Å². The summed E-state index contributed by atoms with van der Waals surface area (Å²) < 4.78 is 10.4. The normalized spacial score (nSPS) is 24.1. The molecule has 76 valence electrons. The Hall–Kier alpha value is -0.610. The molecular weight excluding hydrogens is 170 g/mol. The smallest absolute Gasteiger partial charge is 0.326 e. The minimum absolute atomic E-state index is 0.229. The SMILES string of the molecule is CC(C)(C)OC(=O)[C@@H]1COCCN1. The number of morpholine rings is 1. The summed E-state index contributed by atoms with van der Waals surface area (Å²) in [6.45, 7) is 7.36. The second-order valence-electron chi connectivity index (χ2n) is 4.12. The summed E-state index contributed by atoms with van der Waals surface area (Å²) in [7, 11) is 0. The maximum absolute atomic E-state index is 11.4. The Morgan fingerprint density at radius 3 is 2.69 bits per heavy atom. The first-order valence-corrected chi connectivity index (χ1v) is 4.53. The molecule has 4 heteroatoms. The molecule has 1 fully saturated rings. The van der Waals surface area contributed by atoms with Crippen molar-refractivity contribution in [3.63, 3.8) is 0 Å². The van der Waals surface area contributed by atoms with Crippen LogP contribution in [0.5, 0.6) is 0 Å². The maximum Gasteiger partial charge on any atom is 0.326 e. The van der Waals surface area contributed by atoms with E-state index in [-0.39, 0.29) is 12.0 Å². The van der Waals surface area contributed by atoms with Crippen molar-refractivity contribution in [3.05, 3.63) is 0 Å². The standard InChI is InChI=1S/C9H17NO3/c1-9(2,3)13-8(11)7-6-12-5-4-10-7/h7,10H,4-6H2,1-3H3/t7-/m0/s1. The Morgan fingerprint density at radius 1 is 1.54 bits per heavy atom. The number of carbonyl (C=O) groups excluding carboxylic acids is 1. The zero-order valence-corrected chi connectivity index (χ0v) is 8.42. The van der Waals surface area contributed by atoms with E-state index >= 15 is 0 Å². The van der Waals surface area contributed by atoms with Crippen LogP contribution in [0, 0.1) is 0 Å². The van der Waals surface area contributed by atoms with Gasteiger partial charge in [-0.05, 0) is 20.8 Å². The highest BCUT2D eigenvalue weighted by Gasteiger charge is 2.26.